The molecule has 18 nitrogen and oxygen atoms in total. The number of nitrogens with one attached hydrogen (secondary N) is 2. The van der Waals surface area contributed by atoms with Crippen LogP contribution in [-0.2, 0) is 42.5 Å². The first kappa shape index (κ1) is 32.3. The summed E-state index contributed by atoms with van der Waals surface area (Å²) in [6.45, 7) is 0.680. The zero-order chi connectivity index (χ0) is 32.8. The number of phenols is 1. The average Bonchev–Trinajstić information content (AvgIpc) is 3.65. The molecule has 1 saturated heterocycles. The first-order valence-corrected chi connectivity index (χ1v) is 16.5. The highest BCUT2D eigenvalue weighted by Gasteiger charge is 2.45. The molecule has 1 fully saturated rings. The molecule has 0 radical (unpaired) electrons. The number of terminal acetylenes is 1. The number of nitrogen functional groups attached to an aromatic ring is 1. The number of sulfonamides is 2. The summed E-state index contributed by atoms with van der Waals surface area (Å²) < 4.78 is 72.1. The molecule has 0 amide bonds. The minimum absolute atomic E-state index is 0.0260. The summed E-state index contributed by atoms with van der Waals surface area (Å²) >= 11 is 0. The van der Waals surface area contributed by atoms with Gasteiger partial charge in [-0.2, -0.15) is 0 Å². The van der Waals surface area contributed by atoms with Crippen LogP contribution in [-0.4, -0.2) is 101 Å². The SMILES string of the molecule is C#Cc1nc(N)c2ncn([C@@H]3O[C@H](CNS(=O)(=O)CS(=O)(=O)NCCc4c(O)c5c(c(C)c4OC)COC5=O)[C@@H](O)[C@H]3O)c2n1. The highest BCUT2D eigenvalue weighted by Crippen LogP contribution is 2.41. The number of hydrogen-bond acceptors (Lipinski definition) is 15. The molecule has 3 aromatic rings. The molecular weight excluding hydrogens is 638 g/mol. The Bertz CT molecular complexity index is 1940. The largest absolute Gasteiger partial charge is 0.507 e. The Labute approximate surface area is 256 Å². The van der Waals surface area contributed by atoms with E-state index in [2.05, 4.69) is 30.3 Å². The van der Waals surface area contributed by atoms with Gasteiger partial charge in [-0.05, 0) is 24.8 Å². The lowest BCUT2D eigenvalue weighted by molar-refractivity contribution is -0.0330. The number of esters is 1. The molecule has 0 saturated carbocycles. The summed E-state index contributed by atoms with van der Waals surface area (Å²) in [4.78, 5) is 24.2. The summed E-state index contributed by atoms with van der Waals surface area (Å²) in [6, 6.07) is 0. The van der Waals surface area contributed by atoms with Crippen LogP contribution in [0.4, 0.5) is 5.82 Å². The quantitative estimate of drug-likeness (QED) is 0.0931. The second-order valence-electron chi connectivity index (χ2n) is 10.2. The number of methoxy groups -OCH3 is 1. The molecule has 20 heteroatoms. The number of aromatic nitrogens is 4. The van der Waals surface area contributed by atoms with Crippen LogP contribution in [0.2, 0.25) is 0 Å². The van der Waals surface area contributed by atoms with Crippen molar-refractivity contribution < 1.29 is 51.2 Å². The fraction of sp³-hybridized carbons (Fsp3) is 0.440. The van der Waals surface area contributed by atoms with Crippen LogP contribution in [0.5, 0.6) is 11.5 Å². The van der Waals surface area contributed by atoms with E-state index in [1.807, 2.05) is 0 Å². The number of rotatable bonds is 11. The van der Waals surface area contributed by atoms with E-state index < -0.39 is 67.9 Å². The number of aliphatic hydroxyl groups is 2. The summed E-state index contributed by atoms with van der Waals surface area (Å²) in [5.74, 6) is 1.26. The first-order valence-electron chi connectivity index (χ1n) is 13.2. The van der Waals surface area contributed by atoms with Crippen molar-refractivity contribution in [1.29, 1.82) is 0 Å². The number of fused-ring (bicyclic) bond motifs is 2. The standard InChI is InChI=1S/C25H29N7O11S2/c1-4-15-30-22(26)17-23(31-15)32(9-27-17)24-20(35)19(34)14(43-24)7-29-45(39,40)10-44(37,38)28-6-5-12-18(33)16-13(8-42-25(16)36)11(2)21(12)41-3/h1,9,14,19-20,24,28-29,33-35H,5-8,10H2,2-3H3,(H2,26,30,31)/t14-,19-,20-,24-/m1/s1. The van der Waals surface area contributed by atoms with Crippen molar-refractivity contribution in [3.8, 4) is 23.8 Å². The van der Waals surface area contributed by atoms with Crippen molar-refractivity contribution in [1.82, 2.24) is 29.0 Å². The predicted octanol–water partition coefficient (Wildman–Crippen LogP) is -2.26. The van der Waals surface area contributed by atoms with E-state index in [-0.39, 0.29) is 59.3 Å². The van der Waals surface area contributed by atoms with Gasteiger partial charge in [-0.25, -0.2) is 46.0 Å². The fourth-order valence-corrected chi connectivity index (χ4v) is 8.35. The predicted molar refractivity (Wildman–Crippen MR) is 155 cm³/mol. The molecule has 0 unspecified atom stereocenters. The molecule has 2 aliphatic rings. The van der Waals surface area contributed by atoms with Gasteiger partial charge in [-0.3, -0.25) is 4.57 Å². The smallest absolute Gasteiger partial charge is 0.342 e. The third-order valence-corrected chi connectivity index (χ3v) is 11.1. The Morgan fingerprint density at radius 2 is 1.91 bits per heavy atom. The maximum Gasteiger partial charge on any atom is 0.342 e. The number of benzene rings is 1. The van der Waals surface area contributed by atoms with E-state index in [0.717, 1.165) is 0 Å². The number of hydrogen-bond donors (Lipinski definition) is 6. The number of anilines is 1. The zero-order valence-corrected chi connectivity index (χ0v) is 25.4. The fourth-order valence-electron chi connectivity index (χ4n) is 5.22. The molecule has 0 aliphatic carbocycles. The van der Waals surface area contributed by atoms with E-state index in [0.29, 0.717) is 11.1 Å². The molecule has 7 N–H and O–H groups in total. The molecule has 2 aromatic heterocycles. The molecule has 242 valence electrons. The van der Waals surface area contributed by atoms with Gasteiger partial charge in [0.2, 0.25) is 25.9 Å². The van der Waals surface area contributed by atoms with Crippen molar-refractivity contribution in [2.75, 3.05) is 31.0 Å². The van der Waals surface area contributed by atoms with E-state index >= 15 is 0 Å². The monoisotopic (exact) mass is 667 g/mol. The summed E-state index contributed by atoms with van der Waals surface area (Å²) in [5, 5.41) is 30.5. The van der Waals surface area contributed by atoms with Gasteiger partial charge in [0.05, 0.1) is 13.4 Å². The number of carbonyl (C=O) groups excluding carboxylic acids is 1. The Morgan fingerprint density at radius 1 is 1.20 bits per heavy atom. The third kappa shape index (κ3) is 6.10. The van der Waals surface area contributed by atoms with Crippen molar-refractivity contribution in [2.24, 2.45) is 0 Å². The first-order chi connectivity index (χ1) is 21.2. The minimum Gasteiger partial charge on any atom is -0.507 e. The number of carbonyl (C=O) groups is 1. The lowest BCUT2D eigenvalue weighted by Crippen LogP contribution is -2.43. The van der Waals surface area contributed by atoms with Crippen molar-refractivity contribution in [2.45, 2.75) is 44.5 Å². The Balaban J connectivity index is 1.21. The number of phenolic OH excluding ortho intramolecular Hbond substituents is 1. The number of nitrogens with zero attached hydrogens (tertiary/aromatic N) is 4. The second kappa shape index (κ2) is 12.0. The molecular formula is C25H29N7O11S2. The highest BCUT2D eigenvalue weighted by molar-refractivity contribution is 8.06. The summed E-state index contributed by atoms with van der Waals surface area (Å²) in [6.07, 6.45) is 0.704. The van der Waals surface area contributed by atoms with Crippen LogP contribution in [0.3, 0.4) is 0 Å². The van der Waals surface area contributed by atoms with Crippen LogP contribution in [0.25, 0.3) is 11.2 Å². The normalized spacial score (nSPS) is 21.5. The van der Waals surface area contributed by atoms with Crippen LogP contribution < -0.4 is 19.9 Å². The molecule has 4 atom stereocenters. The van der Waals surface area contributed by atoms with Gasteiger partial charge in [-0.1, -0.05) is 0 Å². The molecule has 2 aliphatic heterocycles. The van der Waals surface area contributed by atoms with Gasteiger partial charge in [0.1, 0.15) is 47.5 Å². The molecule has 45 heavy (non-hydrogen) atoms. The van der Waals surface area contributed by atoms with E-state index in [9.17, 15) is 36.9 Å². The molecule has 0 bridgehead atoms. The molecule has 5 rings (SSSR count). The Hall–Kier alpha value is -4.10. The Morgan fingerprint density at radius 3 is 2.60 bits per heavy atom. The van der Waals surface area contributed by atoms with Crippen molar-refractivity contribution in [3.63, 3.8) is 0 Å². The van der Waals surface area contributed by atoms with Crippen molar-refractivity contribution >= 4 is 43.0 Å². The number of nitrogens with two attached hydrogens (primary N) is 1. The maximum absolute atomic E-state index is 12.7. The lowest BCUT2D eigenvalue weighted by Gasteiger charge is -2.17. The zero-order valence-electron chi connectivity index (χ0n) is 23.8. The van der Waals surface area contributed by atoms with Gasteiger partial charge < -0.3 is 35.3 Å². The number of aromatic hydroxyl groups is 1. The summed E-state index contributed by atoms with van der Waals surface area (Å²) in [5.41, 5.74) is 7.23. The van der Waals surface area contributed by atoms with E-state index in [4.69, 9.17) is 26.4 Å². The number of imidazole rings is 1. The molecule has 4 heterocycles. The van der Waals surface area contributed by atoms with Crippen LogP contribution in [0.15, 0.2) is 6.33 Å². The van der Waals surface area contributed by atoms with E-state index in [1.165, 1.54) is 18.0 Å². The topological polar surface area (TPSA) is 267 Å². The Kier molecular flexibility index (Phi) is 8.62. The van der Waals surface area contributed by atoms with Gasteiger partial charge >= 0.3 is 5.97 Å². The second-order valence-corrected chi connectivity index (χ2v) is 14.2. The van der Waals surface area contributed by atoms with Crippen LogP contribution in [0.1, 0.15) is 39.1 Å². The van der Waals surface area contributed by atoms with Crippen LogP contribution >= 0.6 is 0 Å². The number of cyclic esters (lactones) is 1. The van der Waals surface area contributed by atoms with Gasteiger partial charge in [0, 0.05) is 24.2 Å². The number of ether oxygens (including phenoxy) is 3. The van der Waals surface area contributed by atoms with Gasteiger partial charge in [0.25, 0.3) is 0 Å². The highest BCUT2D eigenvalue weighted by atomic mass is 32.3. The van der Waals surface area contributed by atoms with Crippen molar-refractivity contribution in [3.05, 3.63) is 34.4 Å². The third-order valence-electron chi connectivity index (χ3n) is 7.35. The van der Waals surface area contributed by atoms with Gasteiger partial charge in [0.15, 0.2) is 22.8 Å². The minimum atomic E-state index is -4.51. The van der Waals surface area contributed by atoms with Gasteiger partial charge in [-0.15, -0.1) is 6.42 Å². The lowest BCUT2D eigenvalue weighted by atomic mass is 9.95. The maximum atomic E-state index is 12.7. The average molecular weight is 668 g/mol. The summed E-state index contributed by atoms with van der Waals surface area (Å²) in [7, 11) is -7.61. The van der Waals surface area contributed by atoms with Crippen LogP contribution in [0, 0.1) is 19.3 Å². The molecule has 0 spiro atoms. The molecule has 1 aromatic carbocycles. The van der Waals surface area contributed by atoms with E-state index in [1.54, 1.807) is 6.92 Å². The number of aliphatic hydroxyl groups excluding tert-OH is 2.